The van der Waals surface area contributed by atoms with Crippen LogP contribution in [-0.2, 0) is 28.8 Å². The number of aliphatic imine (C=N–C) groups is 2. The summed E-state index contributed by atoms with van der Waals surface area (Å²) in [4.78, 5) is 79.2. The van der Waals surface area contributed by atoms with Gasteiger partial charge in [0.15, 0.2) is 11.9 Å². The molecule has 0 aliphatic rings. The lowest BCUT2D eigenvalue weighted by atomic mass is 10.1. The van der Waals surface area contributed by atoms with Crippen LogP contribution in [0.3, 0.4) is 0 Å². The number of carboxylic acids is 3. The summed E-state index contributed by atoms with van der Waals surface area (Å²) in [5, 5.41) is 33.9. The molecule has 16 N–H and O–H groups in total. The van der Waals surface area contributed by atoms with Gasteiger partial charge in [-0.3, -0.25) is 34.0 Å². The molecule has 19 heteroatoms. The van der Waals surface area contributed by atoms with Crippen LogP contribution < -0.4 is 44.6 Å². The van der Waals surface area contributed by atoms with Gasteiger partial charge in [0.05, 0.1) is 12.5 Å². The normalized spacial score (nSPS) is 13.4. The lowest BCUT2D eigenvalue weighted by molar-refractivity contribution is -0.147. The first-order valence-corrected chi connectivity index (χ1v) is 12.1. The number of amides is 3. The third-order valence-corrected chi connectivity index (χ3v) is 5.16. The summed E-state index contributed by atoms with van der Waals surface area (Å²) in [6.07, 6.45) is -1.31. The van der Waals surface area contributed by atoms with E-state index >= 15 is 0 Å². The predicted molar refractivity (Wildman–Crippen MR) is 140 cm³/mol. The van der Waals surface area contributed by atoms with E-state index in [0.29, 0.717) is 0 Å². The Labute approximate surface area is 229 Å². The fourth-order valence-corrected chi connectivity index (χ4v) is 3.15. The quantitative estimate of drug-likeness (QED) is 0.0369. The highest BCUT2D eigenvalue weighted by Crippen LogP contribution is 2.06. The number of guanidine groups is 2. The molecule has 0 saturated carbocycles. The summed E-state index contributed by atoms with van der Waals surface area (Å²) in [7, 11) is 0. The number of carbonyl (C=O) groups is 6. The van der Waals surface area contributed by atoms with Gasteiger partial charge < -0.3 is 59.9 Å². The van der Waals surface area contributed by atoms with Crippen LogP contribution in [0.1, 0.15) is 44.9 Å². The molecule has 4 unspecified atom stereocenters. The molecule has 0 heterocycles. The minimum atomic E-state index is -1.79. The molecule has 0 aliphatic carbocycles. The lowest BCUT2D eigenvalue weighted by Crippen LogP contribution is -2.57. The van der Waals surface area contributed by atoms with Crippen molar-refractivity contribution in [1.82, 2.24) is 16.0 Å². The number of hydrogen-bond donors (Lipinski definition) is 11. The number of nitrogens with zero attached hydrogens (tertiary/aromatic N) is 2. The average molecular weight is 575 g/mol. The van der Waals surface area contributed by atoms with Crippen LogP contribution in [0.15, 0.2) is 9.98 Å². The molecule has 4 atom stereocenters. The maximum atomic E-state index is 13.1. The summed E-state index contributed by atoms with van der Waals surface area (Å²) in [6, 6.07) is -5.70. The molecule has 0 aliphatic heterocycles. The molecule has 0 rings (SSSR count). The Morgan fingerprint density at radius 1 is 0.625 bits per heavy atom. The third-order valence-electron chi connectivity index (χ3n) is 5.16. The number of nitrogens with two attached hydrogens (primary N) is 5. The van der Waals surface area contributed by atoms with Crippen molar-refractivity contribution < 1.29 is 44.1 Å². The molecule has 3 amide bonds. The highest BCUT2D eigenvalue weighted by molar-refractivity contribution is 5.94. The summed E-state index contributed by atoms with van der Waals surface area (Å²) in [6.45, 7) is 0.140. The van der Waals surface area contributed by atoms with Crippen LogP contribution in [0.25, 0.3) is 0 Å². The van der Waals surface area contributed by atoms with Crippen molar-refractivity contribution in [2.24, 2.45) is 38.7 Å². The summed E-state index contributed by atoms with van der Waals surface area (Å²) in [5.74, 6) is -7.39. The smallest absolute Gasteiger partial charge is 0.326 e. The number of rotatable bonds is 20. The Morgan fingerprint density at radius 3 is 1.43 bits per heavy atom. The zero-order chi connectivity index (χ0) is 30.8. The van der Waals surface area contributed by atoms with E-state index in [1.54, 1.807) is 0 Å². The van der Waals surface area contributed by atoms with E-state index in [1.807, 2.05) is 0 Å². The van der Waals surface area contributed by atoms with Crippen molar-refractivity contribution in [3.63, 3.8) is 0 Å². The van der Waals surface area contributed by atoms with Gasteiger partial charge in [0.2, 0.25) is 17.7 Å². The van der Waals surface area contributed by atoms with Gasteiger partial charge in [0, 0.05) is 19.5 Å². The van der Waals surface area contributed by atoms with E-state index in [4.69, 9.17) is 38.9 Å². The van der Waals surface area contributed by atoms with Gasteiger partial charge in [0.25, 0.3) is 0 Å². The molecule has 0 aromatic rings. The second-order valence-corrected chi connectivity index (χ2v) is 8.56. The molecule has 19 nitrogen and oxygen atoms in total. The van der Waals surface area contributed by atoms with Crippen LogP contribution in [0, 0.1) is 0 Å². The lowest BCUT2D eigenvalue weighted by Gasteiger charge is -2.25. The molecule has 0 aromatic carbocycles. The van der Waals surface area contributed by atoms with Crippen molar-refractivity contribution >= 4 is 47.5 Å². The number of hydrogen-bond acceptors (Lipinski definition) is 9. The maximum absolute atomic E-state index is 13.1. The van der Waals surface area contributed by atoms with Gasteiger partial charge in [-0.1, -0.05) is 0 Å². The molecular weight excluding hydrogens is 536 g/mol. The zero-order valence-corrected chi connectivity index (χ0v) is 21.7. The van der Waals surface area contributed by atoms with Crippen LogP contribution in [-0.4, -0.2) is 100 Å². The Morgan fingerprint density at radius 2 is 1.05 bits per heavy atom. The summed E-state index contributed by atoms with van der Waals surface area (Å²) < 4.78 is 0. The maximum Gasteiger partial charge on any atom is 0.326 e. The Balaban J connectivity index is 5.79. The molecule has 0 fully saturated rings. The van der Waals surface area contributed by atoms with Crippen molar-refractivity contribution in [1.29, 1.82) is 0 Å². The van der Waals surface area contributed by atoms with Crippen LogP contribution in [0.2, 0.25) is 0 Å². The molecule has 226 valence electrons. The first kappa shape index (κ1) is 35.3. The largest absolute Gasteiger partial charge is 0.481 e. The zero-order valence-electron chi connectivity index (χ0n) is 21.7. The topological polar surface area (TPSA) is 354 Å². The molecular formula is C21H38N10O9. The van der Waals surface area contributed by atoms with Crippen LogP contribution in [0.4, 0.5) is 0 Å². The Hall–Kier alpha value is -4.68. The van der Waals surface area contributed by atoms with Crippen molar-refractivity contribution in [3.05, 3.63) is 0 Å². The van der Waals surface area contributed by atoms with Crippen molar-refractivity contribution in [2.45, 2.75) is 69.1 Å². The molecule has 0 aromatic heterocycles. The minimum absolute atomic E-state index is 0.0287. The summed E-state index contributed by atoms with van der Waals surface area (Å²) >= 11 is 0. The molecule has 0 bridgehead atoms. The third kappa shape index (κ3) is 16.2. The highest BCUT2D eigenvalue weighted by atomic mass is 16.4. The summed E-state index contributed by atoms with van der Waals surface area (Å²) in [5.41, 5.74) is 26.8. The second kappa shape index (κ2) is 18.6. The van der Waals surface area contributed by atoms with E-state index in [0.717, 1.165) is 0 Å². The molecule has 0 spiro atoms. The predicted octanol–water partition coefficient (Wildman–Crippen LogP) is -4.70. The van der Waals surface area contributed by atoms with Crippen molar-refractivity contribution in [2.75, 3.05) is 13.1 Å². The first-order chi connectivity index (χ1) is 18.6. The van der Waals surface area contributed by atoms with Crippen molar-refractivity contribution in [3.8, 4) is 0 Å². The molecule has 0 radical (unpaired) electrons. The fraction of sp³-hybridized carbons (Fsp3) is 0.619. The van der Waals surface area contributed by atoms with Gasteiger partial charge >= 0.3 is 17.9 Å². The van der Waals surface area contributed by atoms with Crippen LogP contribution in [0.5, 0.6) is 0 Å². The standard InChI is InChI=1S/C21H38N10O9/c22-10(5-6-14(32)33)16(36)29-11(3-1-7-27-20(23)24)17(37)30-12(4-2-8-28-21(25)26)18(38)31-13(19(39)40)9-15(34)35/h10-13H,1-9,22H2,(H,29,36)(H,30,37)(H,31,38)(H,32,33)(H,34,35)(H,39,40)(H4,23,24,27)(H4,25,26,28). The van der Waals surface area contributed by atoms with E-state index in [9.17, 15) is 33.9 Å². The fourth-order valence-electron chi connectivity index (χ4n) is 3.15. The molecule has 40 heavy (non-hydrogen) atoms. The van der Waals surface area contributed by atoms with Gasteiger partial charge in [-0.25, -0.2) is 4.79 Å². The monoisotopic (exact) mass is 574 g/mol. The van der Waals surface area contributed by atoms with Gasteiger partial charge in [-0.2, -0.15) is 0 Å². The van der Waals surface area contributed by atoms with Gasteiger partial charge in [-0.15, -0.1) is 0 Å². The highest BCUT2D eigenvalue weighted by Gasteiger charge is 2.31. The van der Waals surface area contributed by atoms with E-state index in [-0.39, 0.29) is 57.1 Å². The van der Waals surface area contributed by atoms with E-state index in [1.165, 1.54) is 0 Å². The first-order valence-electron chi connectivity index (χ1n) is 12.1. The SMILES string of the molecule is NC(N)=NCCCC(NC(=O)C(N)CCC(=O)O)C(=O)NC(CCCN=C(N)N)C(=O)NC(CC(=O)O)C(=O)O. The number of carbonyl (C=O) groups excluding carboxylic acids is 3. The molecule has 0 saturated heterocycles. The minimum Gasteiger partial charge on any atom is -0.481 e. The number of aliphatic carboxylic acids is 3. The Kier molecular flexibility index (Phi) is 16.4. The number of nitrogens with one attached hydrogen (secondary N) is 3. The van der Waals surface area contributed by atoms with Gasteiger partial charge in [0.1, 0.15) is 18.1 Å². The average Bonchev–Trinajstić information content (AvgIpc) is 2.84. The van der Waals surface area contributed by atoms with Gasteiger partial charge in [-0.05, 0) is 32.1 Å². The van der Waals surface area contributed by atoms with E-state index < -0.39 is 72.6 Å². The Bertz CT molecular complexity index is 965. The second-order valence-electron chi connectivity index (χ2n) is 8.56. The van der Waals surface area contributed by atoms with E-state index in [2.05, 4.69) is 25.9 Å². The number of carboxylic acid groups (broad SMARTS) is 3. The van der Waals surface area contributed by atoms with Crippen LogP contribution >= 0.6 is 0 Å².